The zero-order valence-electron chi connectivity index (χ0n) is 15.8. The average molecular weight is 399 g/mol. The van der Waals surface area contributed by atoms with Crippen LogP contribution >= 0.6 is 11.3 Å². The molecule has 0 aliphatic rings. The van der Waals surface area contributed by atoms with Gasteiger partial charge in [0.25, 0.3) is 0 Å². The summed E-state index contributed by atoms with van der Waals surface area (Å²) in [7, 11) is 0. The molecule has 138 valence electrons. The highest BCUT2D eigenvalue weighted by atomic mass is 32.1. The molecule has 8 rings (SSSR count). The third-order valence-electron chi connectivity index (χ3n) is 6.30. The van der Waals surface area contributed by atoms with Gasteiger partial charge in [-0.3, -0.25) is 4.40 Å². The van der Waals surface area contributed by atoms with E-state index < -0.39 is 0 Å². The lowest BCUT2D eigenvalue weighted by Gasteiger charge is -2.00. The summed E-state index contributed by atoms with van der Waals surface area (Å²) in [5.74, 6) is 0. The molecule has 4 heteroatoms. The van der Waals surface area contributed by atoms with Gasteiger partial charge in [0.1, 0.15) is 5.52 Å². The van der Waals surface area contributed by atoms with Crippen LogP contribution in [0.1, 0.15) is 0 Å². The van der Waals surface area contributed by atoms with E-state index in [1.54, 1.807) is 0 Å². The molecule has 0 aliphatic heterocycles. The Balaban J connectivity index is 1.78. The van der Waals surface area contributed by atoms with E-state index in [2.05, 4.69) is 59.0 Å². The maximum Gasteiger partial charge on any atom is 0.165 e. The Bertz CT molecular complexity index is 1950. The summed E-state index contributed by atoms with van der Waals surface area (Å²) >= 11 is 1.88. The molecule has 4 heterocycles. The summed E-state index contributed by atoms with van der Waals surface area (Å²) in [6, 6.07) is 27.9. The second kappa shape index (κ2) is 5.04. The maximum atomic E-state index is 5.07. The number of thiophene rings is 1. The summed E-state index contributed by atoms with van der Waals surface area (Å²) in [4.78, 5) is 10.1. The second-order valence-electron chi connectivity index (χ2n) is 7.86. The van der Waals surface area contributed by atoms with Crippen molar-refractivity contribution in [3.63, 3.8) is 0 Å². The van der Waals surface area contributed by atoms with Crippen molar-refractivity contribution in [3.05, 3.63) is 78.9 Å². The molecule has 0 bridgehead atoms. The van der Waals surface area contributed by atoms with E-state index in [-0.39, 0.29) is 0 Å². The highest BCUT2D eigenvalue weighted by Crippen LogP contribution is 2.46. The third kappa shape index (κ3) is 1.64. The molecule has 0 atom stereocenters. The molecule has 0 aliphatic carbocycles. The van der Waals surface area contributed by atoms with Gasteiger partial charge in [0.15, 0.2) is 5.65 Å². The Morgan fingerprint density at radius 3 is 2.30 bits per heavy atom. The smallest absolute Gasteiger partial charge is 0.165 e. The van der Waals surface area contributed by atoms with Crippen molar-refractivity contribution in [2.75, 3.05) is 0 Å². The first kappa shape index (κ1) is 15.1. The largest absolute Gasteiger partial charge is 0.291 e. The third-order valence-corrected chi connectivity index (χ3v) is 7.50. The molecule has 0 saturated heterocycles. The van der Waals surface area contributed by atoms with Gasteiger partial charge in [-0.05, 0) is 30.3 Å². The van der Waals surface area contributed by atoms with Gasteiger partial charge in [0.2, 0.25) is 0 Å². The van der Waals surface area contributed by atoms with Crippen LogP contribution in [0.25, 0.3) is 69.6 Å². The fraction of sp³-hybridized carbons (Fsp3) is 0. The summed E-state index contributed by atoms with van der Waals surface area (Å²) < 4.78 is 4.99. The average Bonchev–Trinajstić information content (AvgIpc) is 3.43. The molecule has 4 aromatic heterocycles. The van der Waals surface area contributed by atoms with Crippen LogP contribution in [0, 0.1) is 0 Å². The molecule has 30 heavy (non-hydrogen) atoms. The number of fused-ring (bicyclic) bond motifs is 11. The van der Waals surface area contributed by atoms with Crippen LogP contribution < -0.4 is 0 Å². The molecule has 0 unspecified atom stereocenters. The number of benzene rings is 4. The van der Waals surface area contributed by atoms with Crippen molar-refractivity contribution in [1.29, 1.82) is 0 Å². The minimum absolute atomic E-state index is 0.933. The van der Waals surface area contributed by atoms with Gasteiger partial charge in [0, 0.05) is 36.3 Å². The Hall–Kier alpha value is -3.76. The first-order valence-corrected chi connectivity index (χ1v) is 10.8. The number of rotatable bonds is 0. The van der Waals surface area contributed by atoms with Crippen LogP contribution in [-0.2, 0) is 0 Å². The number of aromatic nitrogens is 3. The van der Waals surface area contributed by atoms with E-state index in [0.717, 1.165) is 22.2 Å². The fourth-order valence-corrected chi connectivity index (χ4v) is 6.30. The zero-order chi connectivity index (χ0) is 19.4. The van der Waals surface area contributed by atoms with Crippen LogP contribution in [-0.4, -0.2) is 14.4 Å². The Morgan fingerprint density at radius 2 is 1.40 bits per heavy atom. The maximum absolute atomic E-state index is 5.07. The predicted molar refractivity (Wildman–Crippen MR) is 127 cm³/mol. The summed E-state index contributed by atoms with van der Waals surface area (Å²) in [5.41, 5.74) is 6.23. The summed E-state index contributed by atoms with van der Waals surface area (Å²) in [5, 5.41) is 6.42. The Labute approximate surface area is 174 Å². The van der Waals surface area contributed by atoms with Crippen molar-refractivity contribution in [2.45, 2.75) is 0 Å². The monoisotopic (exact) mass is 399 g/mol. The number of hydrogen-bond acceptors (Lipinski definition) is 3. The predicted octanol–water partition coefficient (Wildman–Crippen LogP) is 7.15. The first-order chi connectivity index (χ1) is 14.9. The van der Waals surface area contributed by atoms with Crippen LogP contribution in [0.2, 0.25) is 0 Å². The van der Waals surface area contributed by atoms with E-state index in [1.165, 1.54) is 47.4 Å². The van der Waals surface area contributed by atoms with Crippen LogP contribution in [0.15, 0.2) is 78.9 Å². The number of para-hydroxylation sites is 3. The van der Waals surface area contributed by atoms with Crippen molar-refractivity contribution in [1.82, 2.24) is 14.4 Å². The van der Waals surface area contributed by atoms with E-state index in [4.69, 9.17) is 9.97 Å². The van der Waals surface area contributed by atoms with E-state index >= 15 is 0 Å². The fourth-order valence-electron chi connectivity index (χ4n) is 5.06. The lowest BCUT2D eigenvalue weighted by molar-refractivity contribution is 1.28. The number of hydrogen-bond donors (Lipinski definition) is 0. The van der Waals surface area contributed by atoms with Crippen molar-refractivity contribution < 1.29 is 0 Å². The van der Waals surface area contributed by atoms with Gasteiger partial charge < -0.3 is 0 Å². The minimum atomic E-state index is 0.933. The Morgan fingerprint density at radius 1 is 0.667 bits per heavy atom. The molecule has 0 N–H and O–H groups in total. The van der Waals surface area contributed by atoms with Gasteiger partial charge in [-0.15, -0.1) is 11.3 Å². The molecule has 8 aromatic rings. The lowest BCUT2D eigenvalue weighted by atomic mass is 10.1. The van der Waals surface area contributed by atoms with Crippen LogP contribution in [0.5, 0.6) is 0 Å². The Kier molecular flexibility index (Phi) is 2.54. The van der Waals surface area contributed by atoms with Gasteiger partial charge in [-0.1, -0.05) is 48.5 Å². The topological polar surface area (TPSA) is 30.2 Å². The lowest BCUT2D eigenvalue weighted by Crippen LogP contribution is -1.88. The van der Waals surface area contributed by atoms with Crippen LogP contribution in [0.3, 0.4) is 0 Å². The quantitative estimate of drug-likeness (QED) is 0.271. The normalized spacial score (nSPS) is 12.7. The van der Waals surface area contributed by atoms with Crippen molar-refractivity contribution in [3.8, 4) is 0 Å². The molecule has 4 aromatic carbocycles. The zero-order valence-corrected chi connectivity index (χ0v) is 16.6. The highest BCUT2D eigenvalue weighted by molar-refractivity contribution is 7.26. The van der Waals surface area contributed by atoms with Crippen molar-refractivity contribution in [2.24, 2.45) is 0 Å². The molecular weight excluding hydrogens is 386 g/mol. The standard InChI is InChI=1S/C26H13N3S/c1-5-11-20-15(8-1)22-24-17(13-16-14-7-2-6-12-21(14)30-25(16)22)23-26(29(20)24)28-19-10-4-3-9-18(19)27-23/h1-13H. The summed E-state index contributed by atoms with van der Waals surface area (Å²) in [6.45, 7) is 0. The molecule has 0 amide bonds. The number of nitrogens with zero attached hydrogens (tertiary/aromatic N) is 3. The van der Waals surface area contributed by atoms with Crippen molar-refractivity contribution >= 4 is 80.9 Å². The SMILES string of the molecule is c1ccc2nc3c(nc2c1)c1cc2c4ccccc4sc2c2c4ccccc4n3c12. The highest BCUT2D eigenvalue weighted by Gasteiger charge is 2.23. The van der Waals surface area contributed by atoms with Gasteiger partial charge in [-0.25, -0.2) is 9.97 Å². The molecule has 0 radical (unpaired) electrons. The molecule has 0 saturated carbocycles. The van der Waals surface area contributed by atoms with E-state index in [1.807, 2.05) is 35.6 Å². The minimum Gasteiger partial charge on any atom is -0.291 e. The van der Waals surface area contributed by atoms with E-state index in [9.17, 15) is 0 Å². The molecule has 0 fully saturated rings. The molecule has 3 nitrogen and oxygen atoms in total. The van der Waals surface area contributed by atoms with Crippen LogP contribution in [0.4, 0.5) is 0 Å². The first-order valence-electron chi connectivity index (χ1n) is 10.0. The van der Waals surface area contributed by atoms with E-state index in [0.29, 0.717) is 0 Å². The second-order valence-corrected chi connectivity index (χ2v) is 8.91. The van der Waals surface area contributed by atoms with Gasteiger partial charge >= 0.3 is 0 Å². The molecule has 0 spiro atoms. The molecular formula is C26H13N3S. The summed E-state index contributed by atoms with van der Waals surface area (Å²) in [6.07, 6.45) is 0. The van der Waals surface area contributed by atoms with Gasteiger partial charge in [-0.2, -0.15) is 0 Å². The van der Waals surface area contributed by atoms with Gasteiger partial charge in [0.05, 0.1) is 22.1 Å².